The summed E-state index contributed by atoms with van der Waals surface area (Å²) in [5, 5.41) is 1.16. The van der Waals surface area contributed by atoms with Gasteiger partial charge >= 0.3 is 0 Å². The Bertz CT molecular complexity index is 617. The fraction of sp³-hybridized carbons (Fsp3) is 0.200. The fourth-order valence-electron chi connectivity index (χ4n) is 2.12. The minimum Gasteiger partial charge on any atom is -0.271 e. The van der Waals surface area contributed by atoms with E-state index < -0.39 is 0 Å². The second-order valence-corrected chi connectivity index (χ2v) is 6.44. The van der Waals surface area contributed by atoms with Gasteiger partial charge in [-0.25, -0.2) is 4.39 Å². The van der Waals surface area contributed by atoms with Crippen LogP contribution in [0.4, 0.5) is 4.39 Å². The molecular formula is C15H14BrCl2FN2. The van der Waals surface area contributed by atoms with Crippen LogP contribution in [0.15, 0.2) is 40.9 Å². The van der Waals surface area contributed by atoms with Crippen molar-refractivity contribution < 1.29 is 4.39 Å². The Morgan fingerprint density at radius 3 is 2.38 bits per heavy atom. The highest BCUT2D eigenvalue weighted by molar-refractivity contribution is 9.10. The number of rotatable bonds is 5. The molecule has 21 heavy (non-hydrogen) atoms. The Morgan fingerprint density at radius 2 is 1.81 bits per heavy atom. The Kier molecular flexibility index (Phi) is 6.02. The number of nitrogens with one attached hydrogen (secondary N) is 1. The standard InChI is InChI=1S/C15H14BrCl2FN2/c16-10-5-4-9(15(19)7-10)6-11(21-20)8-12-13(17)2-1-3-14(12)18/h1-5,7,11,21H,6,8,20H2. The van der Waals surface area contributed by atoms with Gasteiger partial charge < -0.3 is 0 Å². The van der Waals surface area contributed by atoms with E-state index in [0.717, 1.165) is 5.56 Å². The SMILES string of the molecule is NNC(Cc1ccc(Br)cc1F)Cc1c(Cl)cccc1Cl. The van der Waals surface area contributed by atoms with Crippen molar-refractivity contribution in [3.63, 3.8) is 0 Å². The monoisotopic (exact) mass is 390 g/mol. The van der Waals surface area contributed by atoms with Gasteiger partial charge in [-0.3, -0.25) is 11.3 Å². The van der Waals surface area contributed by atoms with Crippen LogP contribution in [-0.4, -0.2) is 6.04 Å². The fourth-order valence-corrected chi connectivity index (χ4v) is 3.00. The summed E-state index contributed by atoms with van der Waals surface area (Å²) in [4.78, 5) is 0. The molecule has 0 saturated heterocycles. The van der Waals surface area contributed by atoms with Gasteiger partial charge in [-0.1, -0.05) is 51.3 Å². The van der Waals surface area contributed by atoms with Gasteiger partial charge in [0.25, 0.3) is 0 Å². The van der Waals surface area contributed by atoms with Gasteiger partial charge in [-0.15, -0.1) is 0 Å². The highest BCUT2D eigenvalue weighted by atomic mass is 79.9. The first-order valence-electron chi connectivity index (χ1n) is 6.34. The third-order valence-electron chi connectivity index (χ3n) is 3.23. The zero-order valence-electron chi connectivity index (χ0n) is 11.0. The molecule has 0 heterocycles. The van der Waals surface area contributed by atoms with E-state index in [1.807, 2.05) is 0 Å². The molecule has 2 nitrogen and oxygen atoms in total. The van der Waals surface area contributed by atoms with Crippen LogP contribution >= 0.6 is 39.1 Å². The zero-order chi connectivity index (χ0) is 15.4. The van der Waals surface area contributed by atoms with E-state index in [0.29, 0.717) is 32.9 Å². The third kappa shape index (κ3) is 4.41. The molecule has 0 aliphatic heterocycles. The van der Waals surface area contributed by atoms with Crippen LogP contribution in [0.25, 0.3) is 0 Å². The molecule has 0 amide bonds. The van der Waals surface area contributed by atoms with Crippen LogP contribution in [-0.2, 0) is 12.8 Å². The van der Waals surface area contributed by atoms with E-state index in [-0.39, 0.29) is 11.9 Å². The summed E-state index contributed by atoms with van der Waals surface area (Å²) in [6, 6.07) is 10.1. The molecule has 0 bridgehead atoms. The number of halogens is 4. The second-order valence-electron chi connectivity index (χ2n) is 4.71. The van der Waals surface area contributed by atoms with Crippen molar-refractivity contribution in [3.05, 3.63) is 67.9 Å². The maximum absolute atomic E-state index is 13.9. The molecule has 0 aliphatic carbocycles. The molecule has 2 aromatic carbocycles. The first-order chi connectivity index (χ1) is 10.0. The largest absolute Gasteiger partial charge is 0.271 e. The van der Waals surface area contributed by atoms with Crippen molar-refractivity contribution in [2.75, 3.05) is 0 Å². The van der Waals surface area contributed by atoms with Gasteiger partial charge in [0.05, 0.1) is 0 Å². The van der Waals surface area contributed by atoms with Gasteiger partial charge in [-0.05, 0) is 48.2 Å². The maximum atomic E-state index is 13.9. The average Bonchev–Trinajstić information content (AvgIpc) is 2.44. The number of benzene rings is 2. The molecule has 0 saturated carbocycles. The summed E-state index contributed by atoms with van der Waals surface area (Å²) >= 11 is 15.5. The van der Waals surface area contributed by atoms with Crippen molar-refractivity contribution in [1.29, 1.82) is 0 Å². The molecule has 2 aromatic rings. The van der Waals surface area contributed by atoms with Crippen molar-refractivity contribution in [3.8, 4) is 0 Å². The Balaban J connectivity index is 2.17. The average molecular weight is 392 g/mol. The smallest absolute Gasteiger partial charge is 0.127 e. The molecule has 0 spiro atoms. The van der Waals surface area contributed by atoms with Gasteiger partial charge in [0.15, 0.2) is 0 Å². The lowest BCUT2D eigenvalue weighted by Gasteiger charge is -2.18. The van der Waals surface area contributed by atoms with E-state index in [1.165, 1.54) is 6.07 Å². The molecule has 112 valence electrons. The van der Waals surface area contributed by atoms with Crippen LogP contribution in [0, 0.1) is 5.82 Å². The number of hydrogen-bond donors (Lipinski definition) is 2. The van der Waals surface area contributed by atoms with E-state index >= 15 is 0 Å². The molecule has 1 unspecified atom stereocenters. The summed E-state index contributed by atoms with van der Waals surface area (Å²) < 4.78 is 14.6. The lowest BCUT2D eigenvalue weighted by molar-refractivity contribution is 0.506. The molecule has 0 aromatic heterocycles. The predicted molar refractivity (Wildman–Crippen MR) is 89.1 cm³/mol. The van der Waals surface area contributed by atoms with Crippen molar-refractivity contribution in [1.82, 2.24) is 5.43 Å². The molecule has 0 radical (unpaired) electrons. The third-order valence-corrected chi connectivity index (χ3v) is 4.43. The highest BCUT2D eigenvalue weighted by Gasteiger charge is 2.15. The van der Waals surface area contributed by atoms with Crippen molar-refractivity contribution >= 4 is 39.1 Å². The van der Waals surface area contributed by atoms with Crippen LogP contribution < -0.4 is 11.3 Å². The molecule has 3 N–H and O–H groups in total. The van der Waals surface area contributed by atoms with Crippen molar-refractivity contribution in [2.24, 2.45) is 5.84 Å². The van der Waals surface area contributed by atoms with Gasteiger partial charge in [0, 0.05) is 20.6 Å². The molecule has 0 aliphatic rings. The van der Waals surface area contributed by atoms with E-state index in [9.17, 15) is 4.39 Å². The number of hydrogen-bond acceptors (Lipinski definition) is 2. The predicted octanol–water partition coefficient (Wildman–Crippen LogP) is 4.51. The summed E-state index contributed by atoms with van der Waals surface area (Å²) in [5.41, 5.74) is 4.09. The summed E-state index contributed by atoms with van der Waals surface area (Å²) in [7, 11) is 0. The molecule has 0 fully saturated rings. The normalized spacial score (nSPS) is 12.4. The second kappa shape index (κ2) is 7.56. The molecule has 2 rings (SSSR count). The minimum absolute atomic E-state index is 0.168. The first-order valence-corrected chi connectivity index (χ1v) is 7.89. The molecular weight excluding hydrogens is 378 g/mol. The quantitative estimate of drug-likeness (QED) is 0.581. The van der Waals surface area contributed by atoms with E-state index in [1.54, 1.807) is 30.3 Å². The number of nitrogens with two attached hydrogens (primary N) is 1. The molecule has 6 heteroatoms. The first kappa shape index (κ1) is 16.7. The Labute approximate surface area is 141 Å². The zero-order valence-corrected chi connectivity index (χ0v) is 14.1. The van der Waals surface area contributed by atoms with Crippen LogP contribution in [0.1, 0.15) is 11.1 Å². The van der Waals surface area contributed by atoms with Gasteiger partial charge in [0.1, 0.15) is 5.82 Å². The lowest BCUT2D eigenvalue weighted by Crippen LogP contribution is -2.38. The summed E-state index contributed by atoms with van der Waals surface area (Å²) in [6.07, 6.45) is 0.960. The van der Waals surface area contributed by atoms with Crippen LogP contribution in [0.2, 0.25) is 10.0 Å². The lowest BCUT2D eigenvalue weighted by atomic mass is 9.99. The van der Waals surface area contributed by atoms with Crippen LogP contribution in [0.5, 0.6) is 0 Å². The van der Waals surface area contributed by atoms with E-state index in [4.69, 9.17) is 29.0 Å². The highest BCUT2D eigenvalue weighted by Crippen LogP contribution is 2.26. The summed E-state index contributed by atoms with van der Waals surface area (Å²) in [5.74, 6) is 5.31. The summed E-state index contributed by atoms with van der Waals surface area (Å²) in [6.45, 7) is 0. The van der Waals surface area contributed by atoms with Crippen LogP contribution in [0.3, 0.4) is 0 Å². The maximum Gasteiger partial charge on any atom is 0.127 e. The van der Waals surface area contributed by atoms with E-state index in [2.05, 4.69) is 21.4 Å². The topological polar surface area (TPSA) is 38.0 Å². The minimum atomic E-state index is -0.269. The van der Waals surface area contributed by atoms with Gasteiger partial charge in [0.2, 0.25) is 0 Å². The Morgan fingerprint density at radius 1 is 1.14 bits per heavy atom. The Hall–Kier alpha value is -0.650. The molecule has 1 atom stereocenters. The number of hydrazine groups is 1. The van der Waals surface area contributed by atoms with Gasteiger partial charge in [-0.2, -0.15) is 0 Å². The van der Waals surface area contributed by atoms with Crippen molar-refractivity contribution in [2.45, 2.75) is 18.9 Å².